The summed E-state index contributed by atoms with van der Waals surface area (Å²) in [6, 6.07) is -1.81. The van der Waals surface area contributed by atoms with Crippen LogP contribution in [0.1, 0.15) is 66.6 Å². The molecule has 1 aromatic rings. The van der Waals surface area contributed by atoms with Crippen LogP contribution in [0.2, 0.25) is 0 Å². The number of carbonyl (C=O) groups excluding carboxylic acids is 1. The van der Waals surface area contributed by atoms with E-state index in [0.717, 1.165) is 4.90 Å². The van der Waals surface area contributed by atoms with Crippen LogP contribution in [0.3, 0.4) is 0 Å². The third-order valence-electron chi connectivity index (χ3n) is 4.12. The van der Waals surface area contributed by atoms with Gasteiger partial charge in [-0.05, 0) is 41.9 Å². The molecule has 0 spiro atoms. The van der Waals surface area contributed by atoms with Crippen molar-refractivity contribution in [1.29, 1.82) is 0 Å². The van der Waals surface area contributed by atoms with Gasteiger partial charge < -0.3 is 9.84 Å². The topological polar surface area (TPSA) is 49.8 Å². The minimum absolute atomic E-state index is 0.0303. The van der Waals surface area contributed by atoms with Crippen LogP contribution < -0.4 is 4.74 Å². The van der Waals surface area contributed by atoms with Gasteiger partial charge in [-0.3, -0.25) is 9.69 Å². The molecule has 23 heavy (non-hydrogen) atoms. The Bertz CT molecular complexity index is 1040. The van der Waals surface area contributed by atoms with Gasteiger partial charge in [0.05, 0.1) is 9.85 Å². The third-order valence-corrected chi connectivity index (χ3v) is 4.12. The molecule has 0 aromatic heterocycles. The van der Waals surface area contributed by atoms with Gasteiger partial charge in [-0.25, -0.2) is 0 Å². The van der Waals surface area contributed by atoms with Crippen LogP contribution in [0.5, 0.6) is 11.5 Å². The highest BCUT2D eigenvalue weighted by molar-refractivity contribution is 5.83. The Morgan fingerprint density at radius 2 is 2.52 bits per heavy atom. The van der Waals surface area contributed by atoms with Crippen LogP contribution in [-0.4, -0.2) is 35.9 Å². The van der Waals surface area contributed by atoms with E-state index in [1.807, 2.05) is 0 Å². The van der Waals surface area contributed by atoms with Crippen molar-refractivity contribution >= 4 is 5.78 Å². The van der Waals surface area contributed by atoms with Crippen molar-refractivity contribution in [2.45, 2.75) is 45.4 Å². The molecule has 0 bridgehead atoms. The number of hydrogen-bond donors (Lipinski definition) is 1. The van der Waals surface area contributed by atoms with Crippen LogP contribution in [0.15, 0.2) is 12.1 Å². The highest BCUT2D eigenvalue weighted by atomic mass is 16.5. The van der Waals surface area contributed by atoms with Crippen molar-refractivity contribution in [3.8, 4) is 11.5 Å². The van der Waals surface area contributed by atoms with E-state index in [9.17, 15) is 9.90 Å². The molecule has 2 heterocycles. The number of methoxy groups -OCH3 is 1. The number of piperidine rings is 1. The maximum atomic E-state index is 13.4. The number of phenolic OH excluding ortho intramolecular Hbond substituents is 1. The van der Waals surface area contributed by atoms with E-state index < -0.39 is 61.9 Å². The van der Waals surface area contributed by atoms with Crippen molar-refractivity contribution in [2.24, 2.45) is 11.8 Å². The zero-order valence-electron chi connectivity index (χ0n) is 25.0. The number of benzene rings is 1. The monoisotopic (exact) mass is 329 g/mol. The first-order chi connectivity index (χ1) is 15.7. The van der Waals surface area contributed by atoms with E-state index in [2.05, 4.69) is 0 Å². The normalized spacial score (nSPS) is 38.6. The van der Waals surface area contributed by atoms with Gasteiger partial charge in [-0.15, -0.1) is 0 Å². The van der Waals surface area contributed by atoms with Gasteiger partial charge in [0.15, 0.2) is 11.5 Å². The molecule has 3 unspecified atom stereocenters. The summed E-state index contributed by atoms with van der Waals surface area (Å²) in [5.41, 5.74) is 0.299. The van der Waals surface area contributed by atoms with E-state index in [-0.39, 0.29) is 41.9 Å². The lowest BCUT2D eigenvalue weighted by Gasteiger charge is -2.43. The molecule has 0 saturated carbocycles. The molecule has 0 aliphatic carbocycles. The fourth-order valence-electron chi connectivity index (χ4n) is 2.94. The summed E-state index contributed by atoms with van der Waals surface area (Å²) in [5, 5.41) is 10.2. The molecule has 3 rings (SSSR count). The average Bonchev–Trinajstić information content (AvgIpc) is 2.68. The summed E-state index contributed by atoms with van der Waals surface area (Å²) < 4.78 is 104. The smallest absolute Gasteiger partial charge is 0.160 e. The molecule has 4 heteroatoms. The molecule has 126 valence electrons. The zero-order chi connectivity index (χ0) is 27.1. The lowest BCUT2D eigenvalue weighted by molar-refractivity contribution is -0.129. The lowest BCUT2D eigenvalue weighted by Crippen LogP contribution is -2.46. The molecule has 1 aromatic carbocycles. The number of hydrogen-bond acceptors (Lipinski definition) is 4. The molecule has 2 aliphatic heterocycles. The van der Waals surface area contributed by atoms with Crippen molar-refractivity contribution in [2.75, 3.05) is 20.2 Å². The van der Waals surface area contributed by atoms with E-state index in [1.165, 1.54) is 7.11 Å². The van der Waals surface area contributed by atoms with E-state index in [1.54, 1.807) is 0 Å². The summed E-state index contributed by atoms with van der Waals surface area (Å²) in [5.74, 6) is -7.79. The van der Waals surface area contributed by atoms with Crippen molar-refractivity contribution < 1.29 is 31.1 Å². The molecule has 0 amide bonds. The largest absolute Gasteiger partial charge is 0.504 e. The average molecular weight is 330 g/mol. The lowest BCUT2D eigenvalue weighted by atomic mass is 9.79. The number of carbonyl (C=O) groups is 1. The van der Waals surface area contributed by atoms with Gasteiger partial charge >= 0.3 is 0 Å². The number of phenols is 1. The second kappa shape index (κ2) is 6.52. The van der Waals surface area contributed by atoms with E-state index >= 15 is 0 Å². The maximum absolute atomic E-state index is 13.4. The fraction of sp³-hybridized carbons (Fsp3) is 0.632. The molecule has 4 nitrogen and oxygen atoms in total. The van der Waals surface area contributed by atoms with Crippen LogP contribution >= 0.6 is 0 Å². The quantitative estimate of drug-likeness (QED) is 0.920. The van der Waals surface area contributed by atoms with Gasteiger partial charge in [-0.1, -0.05) is 20.1 Å². The Labute approximate surface area is 155 Å². The first kappa shape index (κ1) is 7.14. The van der Waals surface area contributed by atoms with Gasteiger partial charge in [-0.2, -0.15) is 0 Å². The zero-order valence-corrected chi connectivity index (χ0v) is 13.0. The second-order valence-corrected chi connectivity index (χ2v) is 5.49. The molecular formula is C19H27NO3. The summed E-state index contributed by atoms with van der Waals surface area (Å²) in [7, 11) is 1.18. The Balaban J connectivity index is 2.20. The van der Waals surface area contributed by atoms with Crippen molar-refractivity contribution in [1.82, 2.24) is 4.90 Å². The molecule has 1 N–H and O–H groups in total. The number of nitrogens with zero attached hydrogens (tertiary/aromatic N) is 1. The standard InChI is InChI=1S/C19H27NO3/c1-4-12(2)7-14-11-20-6-5-13-8-18(22)19(23-3)9-15(13)16(20)10-17(14)21/h8-9,12,14,16,22H,4-7,10-11H2,1-3H3/i2D3,4D2,7D2,8D,9D,11D2,12D. The van der Waals surface area contributed by atoms with Gasteiger partial charge in [0.25, 0.3) is 0 Å². The second-order valence-electron chi connectivity index (χ2n) is 5.49. The highest BCUT2D eigenvalue weighted by Crippen LogP contribution is 2.42. The summed E-state index contributed by atoms with van der Waals surface area (Å²) in [6.07, 6.45) is -7.06. The van der Waals surface area contributed by atoms with Crippen LogP contribution in [-0.2, 0) is 11.2 Å². The SMILES string of the molecule is [2H]c1c(O)c(OC)c([2H])c2c1CCN1C2CC(=O)C(C([2H])([2H])C([2H])(C([2H])([2H])[2H])C([2H])([2H])C)C1([2H])[2H]. The Morgan fingerprint density at radius 3 is 3.22 bits per heavy atom. The molecule has 2 aliphatic rings. The number of ether oxygens (including phenoxy) is 1. The number of ketones is 1. The van der Waals surface area contributed by atoms with E-state index in [0.29, 0.717) is 6.92 Å². The first-order valence-electron chi connectivity index (χ1n) is 13.4. The van der Waals surface area contributed by atoms with Crippen molar-refractivity contribution in [3.05, 3.63) is 23.2 Å². The molecule has 1 fully saturated rings. The molecule has 1 saturated heterocycles. The van der Waals surface area contributed by atoms with Crippen molar-refractivity contribution in [3.63, 3.8) is 0 Å². The maximum Gasteiger partial charge on any atom is 0.160 e. The third kappa shape index (κ3) is 3.09. The van der Waals surface area contributed by atoms with Crippen LogP contribution in [0.25, 0.3) is 0 Å². The summed E-state index contributed by atoms with van der Waals surface area (Å²) in [6.45, 7) is -5.85. The summed E-state index contributed by atoms with van der Waals surface area (Å²) in [4.78, 5) is 14.5. The Morgan fingerprint density at radius 1 is 1.70 bits per heavy atom. The Kier molecular flexibility index (Phi) is 2.02. The number of fused-ring (bicyclic) bond motifs is 3. The van der Waals surface area contributed by atoms with Crippen LogP contribution in [0.4, 0.5) is 0 Å². The van der Waals surface area contributed by atoms with Gasteiger partial charge in [0.1, 0.15) is 5.78 Å². The Hall–Kier alpha value is -1.55. The molecular weight excluding hydrogens is 290 g/mol. The number of aromatic hydroxyl groups is 1. The molecule has 0 radical (unpaired) electrons. The van der Waals surface area contributed by atoms with E-state index in [4.69, 9.17) is 21.2 Å². The minimum Gasteiger partial charge on any atom is -0.504 e. The predicted molar refractivity (Wildman–Crippen MR) is 89.9 cm³/mol. The van der Waals surface area contributed by atoms with Gasteiger partial charge in [0.2, 0.25) is 0 Å². The summed E-state index contributed by atoms with van der Waals surface area (Å²) >= 11 is 0. The number of rotatable bonds is 4. The minimum atomic E-state index is -3.55. The van der Waals surface area contributed by atoms with Gasteiger partial charge in [0, 0.05) is 45.1 Å². The highest BCUT2D eigenvalue weighted by Gasteiger charge is 2.38. The fourth-order valence-corrected chi connectivity index (χ4v) is 2.94. The molecule has 3 atom stereocenters. The first-order valence-corrected chi connectivity index (χ1v) is 7.36. The van der Waals surface area contributed by atoms with Crippen LogP contribution in [0, 0.1) is 11.8 Å². The number of Topliss-reactive ketones (excluding diaryl/α,β-unsaturated/α-hetero) is 1. The predicted octanol–water partition coefficient (Wildman–Crippen LogP) is 3.33.